The van der Waals surface area contributed by atoms with Gasteiger partial charge in [-0.05, 0) is 42.0 Å². The molecule has 1 heterocycles. The first kappa shape index (κ1) is 18.6. The highest BCUT2D eigenvalue weighted by molar-refractivity contribution is 6.32. The Bertz CT molecular complexity index is 1140. The van der Waals surface area contributed by atoms with Crippen LogP contribution in [0.1, 0.15) is 5.56 Å². The maximum Gasteiger partial charge on any atom is 0.288 e. The Kier molecular flexibility index (Phi) is 5.22. The normalized spacial score (nSPS) is 10.7. The summed E-state index contributed by atoms with van der Waals surface area (Å²) in [4.78, 5) is 14.8. The van der Waals surface area contributed by atoms with Crippen LogP contribution in [0, 0.1) is 10.1 Å². The van der Waals surface area contributed by atoms with Crippen LogP contribution in [0.5, 0.6) is 5.75 Å². The average Bonchev–Trinajstić information content (AvgIpc) is 3.24. The van der Waals surface area contributed by atoms with Crippen molar-refractivity contribution in [2.24, 2.45) is 0 Å². The topological polar surface area (TPSA) is 91.3 Å². The molecule has 4 rings (SSSR count). The van der Waals surface area contributed by atoms with Gasteiger partial charge in [0.2, 0.25) is 5.82 Å². The van der Waals surface area contributed by atoms with Crippen molar-refractivity contribution in [3.8, 4) is 28.6 Å². The van der Waals surface area contributed by atoms with E-state index in [1.807, 2.05) is 54.6 Å². The second-order valence-electron chi connectivity index (χ2n) is 6.15. The van der Waals surface area contributed by atoms with Gasteiger partial charge in [0, 0.05) is 17.2 Å². The van der Waals surface area contributed by atoms with Crippen LogP contribution < -0.4 is 4.74 Å². The molecule has 0 saturated heterocycles. The van der Waals surface area contributed by atoms with Crippen molar-refractivity contribution in [3.63, 3.8) is 0 Å². The average molecular weight is 408 g/mol. The molecular weight excluding hydrogens is 394 g/mol. The number of nitrogens with zero attached hydrogens (tertiary/aromatic N) is 3. The summed E-state index contributed by atoms with van der Waals surface area (Å²) < 4.78 is 11.0. The molecule has 3 aromatic carbocycles. The SMILES string of the molecule is O=[N+]([O-])c1cc(-c2nc(-c3ccc(OCc4ccccc4)cc3)no2)ccc1Cl. The summed E-state index contributed by atoms with van der Waals surface area (Å²) in [5.74, 6) is 1.26. The molecule has 0 atom stereocenters. The van der Waals surface area contributed by atoms with Gasteiger partial charge < -0.3 is 9.26 Å². The highest BCUT2D eigenvalue weighted by Gasteiger charge is 2.17. The van der Waals surface area contributed by atoms with Crippen LogP contribution in [0.2, 0.25) is 5.02 Å². The number of hydrogen-bond acceptors (Lipinski definition) is 6. The van der Waals surface area contributed by atoms with Gasteiger partial charge in [-0.25, -0.2) is 0 Å². The van der Waals surface area contributed by atoms with Gasteiger partial charge in [0.15, 0.2) is 0 Å². The summed E-state index contributed by atoms with van der Waals surface area (Å²) in [6, 6.07) is 21.5. The van der Waals surface area contributed by atoms with Crippen LogP contribution in [-0.2, 0) is 6.61 Å². The highest BCUT2D eigenvalue weighted by Crippen LogP contribution is 2.30. The Morgan fingerprint density at radius 2 is 1.72 bits per heavy atom. The minimum atomic E-state index is -0.558. The minimum Gasteiger partial charge on any atom is -0.489 e. The quantitative estimate of drug-likeness (QED) is 0.307. The van der Waals surface area contributed by atoms with Gasteiger partial charge in [-0.15, -0.1) is 0 Å². The lowest BCUT2D eigenvalue weighted by Crippen LogP contribution is -1.94. The van der Waals surface area contributed by atoms with E-state index in [2.05, 4.69) is 10.1 Å². The Balaban J connectivity index is 1.49. The van der Waals surface area contributed by atoms with E-state index in [1.165, 1.54) is 12.1 Å². The lowest BCUT2D eigenvalue weighted by molar-refractivity contribution is -0.384. The zero-order valence-electron chi connectivity index (χ0n) is 15.0. The molecule has 0 saturated carbocycles. The number of hydrogen-bond donors (Lipinski definition) is 0. The number of nitro benzene ring substituents is 1. The number of rotatable bonds is 6. The van der Waals surface area contributed by atoms with Crippen LogP contribution in [0.3, 0.4) is 0 Å². The molecule has 1 aromatic heterocycles. The fourth-order valence-corrected chi connectivity index (χ4v) is 2.87. The molecule has 0 N–H and O–H groups in total. The standard InChI is InChI=1S/C21H14ClN3O4/c22-18-11-8-16(12-19(18)25(26)27)21-23-20(24-29-21)15-6-9-17(10-7-15)28-13-14-4-2-1-3-5-14/h1-12H,13H2. The van der Waals surface area contributed by atoms with Crippen molar-refractivity contribution in [1.29, 1.82) is 0 Å². The molecular formula is C21H14ClN3O4. The van der Waals surface area contributed by atoms with Crippen molar-refractivity contribution in [2.45, 2.75) is 6.61 Å². The number of benzene rings is 3. The van der Waals surface area contributed by atoms with E-state index >= 15 is 0 Å². The third-order valence-electron chi connectivity index (χ3n) is 4.18. The van der Waals surface area contributed by atoms with Crippen molar-refractivity contribution in [2.75, 3.05) is 0 Å². The number of nitro groups is 1. The molecule has 0 fully saturated rings. The van der Waals surface area contributed by atoms with Crippen LogP contribution in [0.25, 0.3) is 22.8 Å². The second-order valence-corrected chi connectivity index (χ2v) is 6.55. The van der Waals surface area contributed by atoms with Crippen molar-refractivity contribution < 1.29 is 14.2 Å². The third-order valence-corrected chi connectivity index (χ3v) is 4.50. The maximum absolute atomic E-state index is 11.1. The van der Waals surface area contributed by atoms with Crippen molar-refractivity contribution >= 4 is 17.3 Å². The lowest BCUT2D eigenvalue weighted by atomic mass is 10.2. The zero-order chi connectivity index (χ0) is 20.2. The Hall–Kier alpha value is -3.71. The molecule has 0 radical (unpaired) electrons. The van der Waals surface area contributed by atoms with Gasteiger partial charge in [0.1, 0.15) is 17.4 Å². The molecule has 144 valence electrons. The van der Waals surface area contributed by atoms with Gasteiger partial charge in [-0.1, -0.05) is 47.1 Å². The third kappa shape index (κ3) is 4.25. The monoisotopic (exact) mass is 407 g/mol. The maximum atomic E-state index is 11.1. The summed E-state index contributed by atoms with van der Waals surface area (Å²) in [6.45, 7) is 0.474. The lowest BCUT2D eigenvalue weighted by Gasteiger charge is -2.06. The number of aromatic nitrogens is 2. The van der Waals surface area contributed by atoms with E-state index in [9.17, 15) is 10.1 Å². The molecule has 29 heavy (non-hydrogen) atoms. The van der Waals surface area contributed by atoms with E-state index in [-0.39, 0.29) is 16.6 Å². The molecule has 0 aliphatic heterocycles. The van der Waals surface area contributed by atoms with E-state index in [1.54, 1.807) is 6.07 Å². The van der Waals surface area contributed by atoms with Crippen LogP contribution in [0.4, 0.5) is 5.69 Å². The summed E-state index contributed by atoms with van der Waals surface area (Å²) in [5.41, 5.74) is 2.01. The fraction of sp³-hybridized carbons (Fsp3) is 0.0476. The van der Waals surface area contributed by atoms with E-state index in [0.717, 1.165) is 16.9 Å². The summed E-state index contributed by atoms with van der Waals surface area (Å²) >= 11 is 5.84. The smallest absolute Gasteiger partial charge is 0.288 e. The molecule has 7 nitrogen and oxygen atoms in total. The van der Waals surface area contributed by atoms with Crippen LogP contribution in [0.15, 0.2) is 77.3 Å². The largest absolute Gasteiger partial charge is 0.489 e. The summed E-state index contributed by atoms with van der Waals surface area (Å²) in [7, 11) is 0. The summed E-state index contributed by atoms with van der Waals surface area (Å²) in [6.07, 6.45) is 0. The first-order valence-electron chi connectivity index (χ1n) is 8.65. The molecule has 8 heteroatoms. The molecule has 0 aliphatic carbocycles. The van der Waals surface area contributed by atoms with E-state index in [4.69, 9.17) is 20.9 Å². The molecule has 0 aliphatic rings. The molecule has 0 spiro atoms. The van der Waals surface area contributed by atoms with Crippen LogP contribution >= 0.6 is 11.6 Å². The number of ether oxygens (including phenoxy) is 1. The first-order valence-corrected chi connectivity index (χ1v) is 9.03. The molecule has 0 unspecified atom stereocenters. The second kappa shape index (κ2) is 8.12. The van der Waals surface area contributed by atoms with Crippen molar-refractivity contribution in [1.82, 2.24) is 10.1 Å². The highest BCUT2D eigenvalue weighted by atomic mass is 35.5. The zero-order valence-corrected chi connectivity index (χ0v) is 15.7. The summed E-state index contributed by atoms with van der Waals surface area (Å²) in [5, 5.41) is 15.0. The fourth-order valence-electron chi connectivity index (χ4n) is 2.68. The Labute approximate surface area is 170 Å². The van der Waals surface area contributed by atoms with E-state index in [0.29, 0.717) is 18.0 Å². The molecule has 0 amide bonds. The predicted molar refractivity (Wildman–Crippen MR) is 108 cm³/mol. The van der Waals surface area contributed by atoms with Crippen molar-refractivity contribution in [3.05, 3.63) is 93.5 Å². The molecule has 4 aromatic rings. The Morgan fingerprint density at radius 3 is 2.45 bits per heavy atom. The predicted octanol–water partition coefficient (Wildman–Crippen LogP) is 5.54. The molecule has 0 bridgehead atoms. The van der Waals surface area contributed by atoms with Crippen LogP contribution in [-0.4, -0.2) is 15.1 Å². The van der Waals surface area contributed by atoms with Gasteiger partial charge in [0.05, 0.1) is 4.92 Å². The van der Waals surface area contributed by atoms with Gasteiger partial charge in [0.25, 0.3) is 11.6 Å². The first-order chi connectivity index (χ1) is 14.1. The van der Waals surface area contributed by atoms with Gasteiger partial charge in [-0.3, -0.25) is 10.1 Å². The minimum absolute atomic E-state index is 0.0459. The number of halogens is 1. The van der Waals surface area contributed by atoms with Gasteiger partial charge >= 0.3 is 0 Å². The van der Waals surface area contributed by atoms with Gasteiger partial charge in [-0.2, -0.15) is 4.98 Å². The van der Waals surface area contributed by atoms with E-state index < -0.39 is 4.92 Å². The Morgan fingerprint density at radius 1 is 1.00 bits per heavy atom.